The summed E-state index contributed by atoms with van der Waals surface area (Å²) in [5.41, 5.74) is 3.75. The molecule has 17 heavy (non-hydrogen) atoms. The van der Waals surface area contributed by atoms with Gasteiger partial charge in [0.05, 0.1) is 7.11 Å². The van der Waals surface area contributed by atoms with E-state index in [4.69, 9.17) is 9.47 Å². The smallest absolute Gasteiger partial charge is 0.122 e. The normalized spacial score (nSPS) is 12.5. The first-order chi connectivity index (χ1) is 8.13. The van der Waals surface area contributed by atoms with Crippen LogP contribution in [0.15, 0.2) is 12.1 Å². The topological polar surface area (TPSA) is 30.5 Å². The third-order valence-corrected chi connectivity index (χ3v) is 3.12. The number of ether oxygens (including phenoxy) is 2. The molecule has 0 heterocycles. The molecule has 0 amide bonds. The fourth-order valence-electron chi connectivity index (χ4n) is 2.10. The van der Waals surface area contributed by atoms with Gasteiger partial charge in [0, 0.05) is 19.8 Å². The lowest BCUT2D eigenvalue weighted by Gasteiger charge is -2.20. The van der Waals surface area contributed by atoms with Gasteiger partial charge in [-0.15, -0.1) is 0 Å². The van der Waals surface area contributed by atoms with Crippen LogP contribution < -0.4 is 10.1 Å². The Kier molecular flexibility index (Phi) is 5.45. The molecule has 0 aliphatic heterocycles. The zero-order valence-corrected chi connectivity index (χ0v) is 11.5. The first-order valence-electron chi connectivity index (χ1n) is 5.95. The molecule has 0 fully saturated rings. The van der Waals surface area contributed by atoms with Crippen molar-refractivity contribution < 1.29 is 9.47 Å². The minimum absolute atomic E-state index is 0.333. The summed E-state index contributed by atoms with van der Waals surface area (Å²) in [6, 6.07) is 4.63. The van der Waals surface area contributed by atoms with Crippen LogP contribution in [0.4, 0.5) is 0 Å². The van der Waals surface area contributed by atoms with Crippen molar-refractivity contribution in [1.29, 1.82) is 0 Å². The van der Waals surface area contributed by atoms with E-state index in [0.717, 1.165) is 18.8 Å². The second kappa shape index (κ2) is 6.62. The highest BCUT2D eigenvalue weighted by Gasteiger charge is 2.13. The monoisotopic (exact) mass is 237 g/mol. The molecular formula is C14H23NO2. The Morgan fingerprint density at radius 3 is 2.41 bits per heavy atom. The summed E-state index contributed by atoms with van der Waals surface area (Å²) in [6.07, 6.45) is 0.972. The van der Waals surface area contributed by atoms with Crippen molar-refractivity contribution in [2.75, 3.05) is 27.9 Å². The Balaban J connectivity index is 2.99. The van der Waals surface area contributed by atoms with Crippen molar-refractivity contribution in [3.8, 4) is 5.75 Å². The summed E-state index contributed by atoms with van der Waals surface area (Å²) >= 11 is 0. The maximum atomic E-state index is 5.33. The van der Waals surface area contributed by atoms with Crippen LogP contribution in [0, 0.1) is 13.8 Å². The Morgan fingerprint density at radius 1 is 1.18 bits per heavy atom. The van der Waals surface area contributed by atoms with E-state index in [-0.39, 0.29) is 0 Å². The molecule has 0 bridgehead atoms. The number of methoxy groups -OCH3 is 2. The average Bonchev–Trinajstić information content (AvgIpc) is 2.33. The molecule has 0 spiro atoms. The lowest BCUT2D eigenvalue weighted by molar-refractivity contribution is 0.184. The number of hydrogen-bond acceptors (Lipinski definition) is 3. The number of benzene rings is 1. The Morgan fingerprint density at radius 2 is 1.88 bits per heavy atom. The van der Waals surface area contributed by atoms with Gasteiger partial charge in [0.2, 0.25) is 0 Å². The first-order valence-corrected chi connectivity index (χ1v) is 5.95. The van der Waals surface area contributed by atoms with Gasteiger partial charge < -0.3 is 14.8 Å². The highest BCUT2D eigenvalue weighted by atomic mass is 16.5. The van der Waals surface area contributed by atoms with Crippen molar-refractivity contribution in [3.05, 3.63) is 28.8 Å². The quantitative estimate of drug-likeness (QED) is 0.825. The summed E-state index contributed by atoms with van der Waals surface area (Å²) in [5, 5.41) is 3.34. The summed E-state index contributed by atoms with van der Waals surface area (Å²) in [7, 11) is 5.43. The van der Waals surface area contributed by atoms with Crippen molar-refractivity contribution in [3.63, 3.8) is 0 Å². The average molecular weight is 237 g/mol. The first kappa shape index (κ1) is 14.0. The molecule has 0 radical (unpaired) electrons. The number of nitrogens with one attached hydrogen (secondary N) is 1. The molecule has 1 unspecified atom stereocenters. The lowest BCUT2D eigenvalue weighted by atomic mass is 9.96. The predicted octanol–water partition coefficient (Wildman–Crippen LogP) is 2.61. The van der Waals surface area contributed by atoms with Crippen LogP contribution in [0.3, 0.4) is 0 Å². The van der Waals surface area contributed by atoms with Gasteiger partial charge in [0.1, 0.15) is 5.75 Å². The van der Waals surface area contributed by atoms with Gasteiger partial charge in [-0.1, -0.05) is 6.07 Å². The van der Waals surface area contributed by atoms with Crippen LogP contribution >= 0.6 is 0 Å². The van der Waals surface area contributed by atoms with Crippen LogP contribution in [0.5, 0.6) is 5.75 Å². The summed E-state index contributed by atoms with van der Waals surface area (Å²) < 4.78 is 10.5. The lowest BCUT2D eigenvalue weighted by Crippen LogP contribution is -2.19. The third kappa shape index (κ3) is 3.45. The molecule has 1 rings (SSSR count). The standard InChI is InChI=1S/C14H23NO2/c1-10-9-14(17-5)11(2)8-12(10)13(15-3)6-7-16-4/h8-9,13,15H,6-7H2,1-5H3. The molecule has 1 aromatic rings. The number of rotatable bonds is 6. The van der Waals surface area contributed by atoms with Crippen LogP contribution in [-0.2, 0) is 4.74 Å². The van der Waals surface area contributed by atoms with E-state index in [1.165, 1.54) is 16.7 Å². The van der Waals surface area contributed by atoms with Gasteiger partial charge in [-0.05, 0) is 50.1 Å². The number of hydrogen-bond donors (Lipinski definition) is 1. The minimum atomic E-state index is 0.333. The minimum Gasteiger partial charge on any atom is -0.496 e. The maximum absolute atomic E-state index is 5.33. The molecule has 0 saturated heterocycles. The van der Waals surface area contributed by atoms with E-state index in [1.54, 1.807) is 14.2 Å². The summed E-state index contributed by atoms with van der Waals surface area (Å²) in [5.74, 6) is 0.952. The molecule has 1 aromatic carbocycles. The highest BCUT2D eigenvalue weighted by molar-refractivity contribution is 5.42. The van der Waals surface area contributed by atoms with E-state index in [2.05, 4.69) is 31.3 Å². The van der Waals surface area contributed by atoms with Crippen LogP contribution in [-0.4, -0.2) is 27.9 Å². The van der Waals surface area contributed by atoms with Gasteiger partial charge >= 0.3 is 0 Å². The summed E-state index contributed by atoms with van der Waals surface area (Å²) in [6.45, 7) is 4.95. The van der Waals surface area contributed by atoms with Crippen molar-refractivity contribution >= 4 is 0 Å². The predicted molar refractivity (Wildman–Crippen MR) is 70.8 cm³/mol. The third-order valence-electron chi connectivity index (χ3n) is 3.12. The Bertz CT molecular complexity index is 363. The molecule has 0 saturated carbocycles. The summed E-state index contributed by atoms with van der Waals surface area (Å²) in [4.78, 5) is 0. The Hall–Kier alpha value is -1.06. The molecule has 0 aromatic heterocycles. The maximum Gasteiger partial charge on any atom is 0.122 e. The zero-order chi connectivity index (χ0) is 12.8. The zero-order valence-electron chi connectivity index (χ0n) is 11.5. The molecular weight excluding hydrogens is 214 g/mol. The van der Waals surface area contributed by atoms with Crippen molar-refractivity contribution in [1.82, 2.24) is 5.32 Å². The molecule has 1 atom stereocenters. The molecule has 3 nitrogen and oxygen atoms in total. The van der Waals surface area contributed by atoms with E-state index >= 15 is 0 Å². The largest absolute Gasteiger partial charge is 0.496 e. The molecule has 3 heteroatoms. The van der Waals surface area contributed by atoms with Gasteiger partial charge in [0.15, 0.2) is 0 Å². The molecule has 96 valence electrons. The molecule has 1 N–H and O–H groups in total. The second-order valence-corrected chi connectivity index (χ2v) is 4.30. The molecule has 0 aliphatic rings. The number of aryl methyl sites for hydroxylation is 2. The highest BCUT2D eigenvalue weighted by Crippen LogP contribution is 2.27. The molecule has 0 aliphatic carbocycles. The van der Waals surface area contributed by atoms with Gasteiger partial charge in [0.25, 0.3) is 0 Å². The van der Waals surface area contributed by atoms with Crippen molar-refractivity contribution in [2.45, 2.75) is 26.3 Å². The fraction of sp³-hybridized carbons (Fsp3) is 0.571. The van der Waals surface area contributed by atoms with E-state index < -0.39 is 0 Å². The van der Waals surface area contributed by atoms with Crippen LogP contribution in [0.1, 0.15) is 29.2 Å². The van der Waals surface area contributed by atoms with Gasteiger partial charge in [-0.2, -0.15) is 0 Å². The Labute approximate surface area is 104 Å². The van der Waals surface area contributed by atoms with E-state index in [1.807, 2.05) is 7.05 Å². The van der Waals surface area contributed by atoms with Crippen LogP contribution in [0.2, 0.25) is 0 Å². The van der Waals surface area contributed by atoms with Crippen LogP contribution in [0.25, 0.3) is 0 Å². The van der Waals surface area contributed by atoms with Crippen molar-refractivity contribution in [2.24, 2.45) is 0 Å². The SMILES string of the molecule is CNC(CCOC)c1cc(C)c(OC)cc1C. The second-order valence-electron chi connectivity index (χ2n) is 4.30. The fourth-order valence-corrected chi connectivity index (χ4v) is 2.10. The van der Waals surface area contributed by atoms with E-state index in [0.29, 0.717) is 6.04 Å². The van der Waals surface area contributed by atoms with E-state index in [9.17, 15) is 0 Å². The van der Waals surface area contributed by atoms with Gasteiger partial charge in [-0.3, -0.25) is 0 Å². The van der Waals surface area contributed by atoms with Gasteiger partial charge in [-0.25, -0.2) is 0 Å².